The molecule has 0 spiro atoms. The quantitative estimate of drug-likeness (QED) is 0.580. The molecule has 0 bridgehead atoms. The topological polar surface area (TPSA) is 35.0 Å². The number of ether oxygens (including phenoxy) is 1. The van der Waals surface area contributed by atoms with Crippen molar-refractivity contribution in [3.8, 4) is 5.88 Å². The molecule has 0 aliphatic carbocycles. The van der Waals surface area contributed by atoms with Gasteiger partial charge in [-0.15, -0.1) is 0 Å². The first-order valence-electron chi connectivity index (χ1n) is 2.44. The number of nitrogens with zero attached hydrogens (tertiary/aromatic N) is 2. The Labute approximate surface area is 66.6 Å². The van der Waals surface area contributed by atoms with Crippen molar-refractivity contribution < 1.29 is 4.74 Å². The van der Waals surface area contributed by atoms with Gasteiger partial charge >= 0.3 is 66.3 Å². The molecular weight excluding hydrogens is 223 g/mol. The third kappa shape index (κ3) is 1.82. The van der Waals surface area contributed by atoms with E-state index in [-0.39, 0.29) is 0 Å². The van der Waals surface area contributed by atoms with Gasteiger partial charge in [0.05, 0.1) is 0 Å². The van der Waals surface area contributed by atoms with Crippen LogP contribution in [0.5, 0.6) is 5.88 Å². The first kappa shape index (κ1) is 6.79. The van der Waals surface area contributed by atoms with Crippen molar-refractivity contribution in [3.05, 3.63) is 12.4 Å². The van der Waals surface area contributed by atoms with Crippen molar-refractivity contribution in [2.75, 3.05) is 7.11 Å². The van der Waals surface area contributed by atoms with Gasteiger partial charge < -0.3 is 0 Å². The van der Waals surface area contributed by atoms with E-state index in [2.05, 4.69) is 9.97 Å². The summed E-state index contributed by atoms with van der Waals surface area (Å²) in [6.45, 7) is 0. The van der Waals surface area contributed by atoms with Crippen LogP contribution in [0.4, 0.5) is 0 Å². The minimum absolute atomic E-state index is 0.577. The summed E-state index contributed by atoms with van der Waals surface area (Å²) in [4.78, 5) is 7.96. The van der Waals surface area contributed by atoms with Gasteiger partial charge in [0.1, 0.15) is 0 Å². The van der Waals surface area contributed by atoms with Crippen LogP contribution >= 0.6 is 0 Å². The second kappa shape index (κ2) is 3.00. The Hall–Kier alpha value is -0.321. The van der Waals surface area contributed by atoms with Crippen molar-refractivity contribution >= 4 is 26.2 Å². The van der Waals surface area contributed by atoms with Gasteiger partial charge in [-0.2, -0.15) is 0 Å². The fourth-order valence-corrected chi connectivity index (χ4v) is 0.857. The van der Waals surface area contributed by atoms with Crippen molar-refractivity contribution in [2.24, 2.45) is 0 Å². The molecule has 1 heterocycles. The maximum atomic E-state index is 4.81. The zero-order valence-corrected chi connectivity index (χ0v) is 8.33. The Morgan fingerprint density at radius 3 is 2.67 bits per heavy atom. The van der Waals surface area contributed by atoms with Crippen LogP contribution in [0.3, 0.4) is 0 Å². The number of methoxy groups -OCH3 is 1. The summed E-state index contributed by atoms with van der Waals surface area (Å²) in [6.07, 6.45) is 3.35. The first-order chi connectivity index (χ1) is 4.33. The second-order valence-corrected chi connectivity index (χ2v) is 3.17. The zero-order chi connectivity index (χ0) is 6.69. The zero-order valence-electron chi connectivity index (χ0n) is 5.03. The van der Waals surface area contributed by atoms with Gasteiger partial charge in [-0.3, -0.25) is 0 Å². The first-order valence-corrected chi connectivity index (χ1v) is 4.09. The summed E-state index contributed by atoms with van der Waals surface area (Å²) in [5, 5.41) is 0. The molecule has 0 saturated heterocycles. The number of rotatable bonds is 1. The van der Waals surface area contributed by atoms with E-state index >= 15 is 0 Å². The third-order valence-electron chi connectivity index (χ3n) is 0.857. The summed E-state index contributed by atoms with van der Waals surface area (Å²) in [5.41, 5.74) is 0. The predicted octanol–water partition coefficient (Wildman–Crippen LogP) is -0.989. The molecule has 1 aromatic heterocycles. The van der Waals surface area contributed by atoms with Crippen molar-refractivity contribution in [3.63, 3.8) is 0 Å². The van der Waals surface area contributed by atoms with E-state index in [9.17, 15) is 0 Å². The van der Waals surface area contributed by atoms with E-state index in [4.69, 9.17) is 4.74 Å². The van der Waals surface area contributed by atoms with Crippen molar-refractivity contribution in [1.29, 1.82) is 0 Å². The molecule has 0 N–H and O–H groups in total. The van der Waals surface area contributed by atoms with Crippen LogP contribution in [0, 0.1) is 0 Å². The molecule has 0 aliphatic rings. The van der Waals surface area contributed by atoms with Gasteiger partial charge in [0.25, 0.3) is 0 Å². The summed E-state index contributed by atoms with van der Waals surface area (Å²) in [7, 11) is 1.58. The SMILES string of the molecule is COc1cn[c]([SnH])cn1. The Balaban J connectivity index is 2.88. The average Bonchev–Trinajstić information content (AvgIpc) is 1.90. The third-order valence-corrected chi connectivity index (χ3v) is 1.71. The molecule has 46 valence electrons. The number of hydrogen-bond donors (Lipinski definition) is 0. The Kier molecular flexibility index (Phi) is 2.27. The van der Waals surface area contributed by atoms with Gasteiger partial charge in [-0.05, 0) is 0 Å². The second-order valence-electron chi connectivity index (χ2n) is 1.48. The van der Waals surface area contributed by atoms with E-state index in [1.807, 2.05) is 0 Å². The average molecular weight is 229 g/mol. The van der Waals surface area contributed by atoms with E-state index in [1.165, 1.54) is 0 Å². The van der Waals surface area contributed by atoms with Crippen LogP contribution in [0.25, 0.3) is 0 Å². The normalized spacial score (nSPS) is 9.11. The minimum atomic E-state index is 0.577. The Morgan fingerprint density at radius 2 is 2.22 bits per heavy atom. The number of aromatic nitrogens is 2. The van der Waals surface area contributed by atoms with Crippen LogP contribution in [0.2, 0.25) is 0 Å². The van der Waals surface area contributed by atoms with Gasteiger partial charge in [0, 0.05) is 0 Å². The molecule has 1 aromatic rings. The Morgan fingerprint density at radius 1 is 1.44 bits per heavy atom. The van der Waals surface area contributed by atoms with Gasteiger partial charge in [0.15, 0.2) is 0 Å². The van der Waals surface area contributed by atoms with E-state index in [0.29, 0.717) is 5.88 Å². The summed E-state index contributed by atoms with van der Waals surface area (Å²) in [6, 6.07) is 0. The molecule has 0 atom stereocenters. The molecule has 4 heteroatoms. The molecule has 9 heavy (non-hydrogen) atoms. The van der Waals surface area contributed by atoms with E-state index in [0.717, 1.165) is 26.2 Å². The van der Waals surface area contributed by atoms with Crippen LogP contribution in [0.1, 0.15) is 0 Å². The fraction of sp³-hybridized carbons (Fsp3) is 0.200. The van der Waals surface area contributed by atoms with Crippen molar-refractivity contribution in [2.45, 2.75) is 0 Å². The molecule has 0 saturated carbocycles. The monoisotopic (exact) mass is 230 g/mol. The molecule has 0 aromatic carbocycles. The molecule has 2 radical (unpaired) electrons. The molecule has 0 unspecified atom stereocenters. The van der Waals surface area contributed by atoms with Gasteiger partial charge in [-0.25, -0.2) is 0 Å². The van der Waals surface area contributed by atoms with Crippen molar-refractivity contribution in [1.82, 2.24) is 9.97 Å². The van der Waals surface area contributed by atoms with Crippen LogP contribution in [-0.4, -0.2) is 39.6 Å². The Bertz CT molecular complexity index is 187. The molecule has 1 rings (SSSR count). The molecule has 0 amide bonds. The summed E-state index contributed by atoms with van der Waals surface area (Å²) >= 11 is 1.00. The molecule has 0 fully saturated rings. The standard InChI is InChI=1S/C5H5N2O.Sn.H/c1-8-5-4-6-2-3-7-5;;/h3-4H,1H3;;. The van der Waals surface area contributed by atoms with Crippen LogP contribution in [-0.2, 0) is 0 Å². The van der Waals surface area contributed by atoms with Gasteiger partial charge in [0.2, 0.25) is 0 Å². The predicted molar refractivity (Wildman–Crippen MR) is 35.4 cm³/mol. The molecular formula is C5H6N2OSn. The van der Waals surface area contributed by atoms with E-state index in [1.54, 1.807) is 19.5 Å². The van der Waals surface area contributed by atoms with E-state index < -0.39 is 0 Å². The van der Waals surface area contributed by atoms with Crippen LogP contribution < -0.4 is 8.45 Å². The van der Waals surface area contributed by atoms with Gasteiger partial charge in [-0.1, -0.05) is 0 Å². The van der Waals surface area contributed by atoms with Crippen LogP contribution in [0.15, 0.2) is 12.4 Å². The molecule has 0 aliphatic heterocycles. The summed E-state index contributed by atoms with van der Waals surface area (Å²) < 4.78 is 5.84. The molecule has 3 nitrogen and oxygen atoms in total. The maximum absolute atomic E-state index is 4.81. The number of hydrogen-bond acceptors (Lipinski definition) is 3. The summed E-state index contributed by atoms with van der Waals surface area (Å²) in [5.74, 6) is 0.577. The fourth-order valence-electron chi connectivity index (χ4n) is 0.432.